The number of anilines is 2. The minimum absolute atomic E-state index is 0.0220. The number of nitrogens with zero attached hydrogens (tertiary/aromatic N) is 3. The van der Waals surface area contributed by atoms with Gasteiger partial charge < -0.3 is 20.9 Å². The Balaban J connectivity index is 1.31. The summed E-state index contributed by atoms with van der Waals surface area (Å²) >= 11 is 0. The molecule has 2 saturated heterocycles. The highest BCUT2D eigenvalue weighted by molar-refractivity contribution is 5.95. The van der Waals surface area contributed by atoms with Gasteiger partial charge in [-0.25, -0.2) is 9.97 Å². The van der Waals surface area contributed by atoms with E-state index in [1.54, 1.807) is 24.3 Å². The molecule has 1 aliphatic carbocycles. The Bertz CT molecular complexity index is 1190. The van der Waals surface area contributed by atoms with Crippen molar-refractivity contribution >= 4 is 23.5 Å². The molecule has 3 heterocycles. The Kier molecular flexibility index (Phi) is 7.30. The van der Waals surface area contributed by atoms with E-state index >= 15 is 0 Å². The molecule has 4 atom stereocenters. The second-order valence-corrected chi connectivity index (χ2v) is 10.9. The zero-order valence-corrected chi connectivity index (χ0v) is 21.5. The van der Waals surface area contributed by atoms with Gasteiger partial charge in [-0.2, -0.15) is 13.2 Å². The van der Waals surface area contributed by atoms with Gasteiger partial charge >= 0.3 is 6.18 Å². The summed E-state index contributed by atoms with van der Waals surface area (Å²) in [4.78, 5) is 35.6. The number of likely N-dealkylation sites (tertiary alicyclic amines) is 1. The first-order chi connectivity index (χ1) is 18.1. The molecule has 2 aliphatic heterocycles. The molecule has 8 nitrogen and oxygen atoms in total. The molecule has 2 aromatic rings. The van der Waals surface area contributed by atoms with Crippen LogP contribution in [0.2, 0.25) is 0 Å². The van der Waals surface area contributed by atoms with Gasteiger partial charge in [0.2, 0.25) is 11.9 Å². The minimum atomic E-state index is -4.60. The molecule has 1 aromatic heterocycles. The van der Waals surface area contributed by atoms with E-state index in [1.165, 1.54) is 0 Å². The summed E-state index contributed by atoms with van der Waals surface area (Å²) in [6, 6.07) is 7.35. The number of hydrogen-bond acceptors (Lipinski definition) is 6. The van der Waals surface area contributed by atoms with Gasteiger partial charge in [0.15, 0.2) is 0 Å². The van der Waals surface area contributed by atoms with Gasteiger partial charge in [-0.3, -0.25) is 9.59 Å². The molecule has 3 N–H and O–H groups in total. The Morgan fingerprint density at radius 3 is 2.58 bits per heavy atom. The van der Waals surface area contributed by atoms with Crippen LogP contribution in [0, 0.1) is 11.8 Å². The zero-order chi connectivity index (χ0) is 27.0. The number of aromatic nitrogens is 2. The third-order valence-electron chi connectivity index (χ3n) is 7.76. The molecule has 5 rings (SSSR count). The predicted molar refractivity (Wildman–Crippen MR) is 136 cm³/mol. The summed E-state index contributed by atoms with van der Waals surface area (Å²) in [6.07, 6.45) is -0.665. The van der Waals surface area contributed by atoms with Crippen LogP contribution in [0.15, 0.2) is 30.5 Å². The highest BCUT2D eigenvalue weighted by Crippen LogP contribution is 2.38. The number of nitrogens with one attached hydrogen (secondary N) is 3. The highest BCUT2D eigenvalue weighted by Gasteiger charge is 2.41. The van der Waals surface area contributed by atoms with Crippen LogP contribution >= 0.6 is 0 Å². The van der Waals surface area contributed by atoms with Gasteiger partial charge in [0.25, 0.3) is 5.91 Å². The SMILES string of the molecule is CC(C)NC(=O)[C@H]1CCC[C@H]1Cc1nc(Nc2ccc(C(=O)N3CC4CC3CN4)cc2)ncc1C(F)(F)F. The van der Waals surface area contributed by atoms with Crippen molar-refractivity contribution in [3.8, 4) is 0 Å². The first-order valence-electron chi connectivity index (χ1n) is 13.2. The number of carbonyl (C=O) groups excluding carboxylic acids is 2. The summed E-state index contributed by atoms with van der Waals surface area (Å²) < 4.78 is 41.4. The van der Waals surface area contributed by atoms with Crippen LogP contribution in [0.4, 0.5) is 24.8 Å². The van der Waals surface area contributed by atoms with E-state index in [0.717, 1.165) is 25.6 Å². The van der Waals surface area contributed by atoms with Crippen LogP contribution in [0.1, 0.15) is 61.1 Å². The quantitative estimate of drug-likeness (QED) is 0.502. The van der Waals surface area contributed by atoms with Gasteiger partial charge in [0.05, 0.1) is 11.3 Å². The number of piperazine rings is 1. The fourth-order valence-corrected chi connectivity index (χ4v) is 5.94. The average molecular weight is 531 g/mol. The minimum Gasteiger partial charge on any atom is -0.354 e. The van der Waals surface area contributed by atoms with Crippen LogP contribution in [-0.4, -0.2) is 57.9 Å². The van der Waals surface area contributed by atoms with Gasteiger partial charge in [-0.1, -0.05) is 6.42 Å². The van der Waals surface area contributed by atoms with E-state index in [4.69, 9.17) is 0 Å². The van der Waals surface area contributed by atoms with Gasteiger partial charge in [0, 0.05) is 54.6 Å². The number of halogens is 3. The monoisotopic (exact) mass is 530 g/mol. The summed E-state index contributed by atoms with van der Waals surface area (Å²) in [5, 5.41) is 9.23. The van der Waals surface area contributed by atoms with Crippen LogP contribution in [0.3, 0.4) is 0 Å². The molecule has 1 saturated carbocycles. The first kappa shape index (κ1) is 26.4. The predicted octanol–water partition coefficient (Wildman–Crippen LogP) is 3.91. The molecular weight excluding hydrogens is 497 g/mol. The second kappa shape index (κ2) is 10.5. The number of benzene rings is 1. The van der Waals surface area contributed by atoms with Crippen LogP contribution in [0.25, 0.3) is 0 Å². The molecular formula is C27H33F3N6O2. The number of carbonyl (C=O) groups is 2. The molecule has 204 valence electrons. The third-order valence-corrected chi connectivity index (χ3v) is 7.76. The smallest absolute Gasteiger partial charge is 0.354 e. The lowest BCUT2D eigenvalue weighted by molar-refractivity contribution is -0.138. The summed E-state index contributed by atoms with van der Waals surface area (Å²) in [5.41, 5.74) is 0.123. The molecule has 1 aromatic carbocycles. The second-order valence-electron chi connectivity index (χ2n) is 10.9. The summed E-state index contributed by atoms with van der Waals surface area (Å²) in [5.74, 6) is -0.658. The van der Waals surface area contributed by atoms with Crippen molar-refractivity contribution in [1.29, 1.82) is 0 Å². The fourth-order valence-electron chi connectivity index (χ4n) is 5.94. The van der Waals surface area contributed by atoms with Crippen molar-refractivity contribution in [3.63, 3.8) is 0 Å². The molecule has 3 fully saturated rings. The normalized spacial score (nSPS) is 24.7. The molecule has 0 radical (unpaired) electrons. The number of hydrogen-bond donors (Lipinski definition) is 3. The van der Waals surface area contributed by atoms with Gasteiger partial charge in [0.1, 0.15) is 0 Å². The average Bonchev–Trinajstić information content (AvgIpc) is 3.61. The van der Waals surface area contributed by atoms with Crippen molar-refractivity contribution in [2.75, 3.05) is 18.4 Å². The van der Waals surface area contributed by atoms with Crippen molar-refractivity contribution in [3.05, 3.63) is 47.3 Å². The molecule has 0 spiro atoms. The molecule has 2 bridgehead atoms. The van der Waals surface area contributed by atoms with Crippen molar-refractivity contribution in [1.82, 2.24) is 25.5 Å². The number of rotatable bonds is 7. The van der Waals surface area contributed by atoms with Crippen molar-refractivity contribution < 1.29 is 22.8 Å². The number of fused-ring (bicyclic) bond motifs is 2. The van der Waals surface area contributed by atoms with E-state index in [0.29, 0.717) is 36.7 Å². The number of amides is 2. The standard InChI is InChI=1S/C27H33F3N6O2/c1-15(2)33-24(37)21-5-3-4-17(21)10-23-22(27(28,29)30)13-32-26(35-23)34-18-8-6-16(7-9-18)25(38)36-14-19-11-20(36)12-31-19/h6-9,13,15,17,19-21,31H,3-5,10-12,14H2,1-2H3,(H,33,37)(H,32,34,35)/t17-,19?,20?,21-/m0/s1. The van der Waals surface area contributed by atoms with Gasteiger partial charge in [-0.05, 0) is 69.7 Å². The van der Waals surface area contributed by atoms with Crippen LogP contribution in [0.5, 0.6) is 0 Å². The Morgan fingerprint density at radius 2 is 1.95 bits per heavy atom. The Labute approximate surface area is 219 Å². The van der Waals surface area contributed by atoms with Crippen LogP contribution < -0.4 is 16.0 Å². The lowest BCUT2D eigenvalue weighted by Crippen LogP contribution is -2.46. The summed E-state index contributed by atoms with van der Waals surface area (Å²) in [6.45, 7) is 5.24. The molecule has 2 amide bonds. The zero-order valence-electron chi connectivity index (χ0n) is 21.5. The highest BCUT2D eigenvalue weighted by atomic mass is 19.4. The van der Waals surface area contributed by atoms with E-state index < -0.39 is 11.7 Å². The maximum absolute atomic E-state index is 13.8. The number of alkyl halides is 3. The largest absolute Gasteiger partial charge is 0.419 e. The maximum Gasteiger partial charge on any atom is 0.419 e. The van der Waals surface area contributed by atoms with Crippen molar-refractivity contribution in [2.45, 2.75) is 70.3 Å². The molecule has 11 heteroatoms. The lowest BCUT2D eigenvalue weighted by Gasteiger charge is -2.27. The fraction of sp³-hybridized carbons (Fsp3) is 0.556. The lowest BCUT2D eigenvalue weighted by atomic mass is 9.89. The van der Waals surface area contributed by atoms with E-state index in [-0.39, 0.29) is 53.8 Å². The van der Waals surface area contributed by atoms with E-state index in [2.05, 4.69) is 25.9 Å². The van der Waals surface area contributed by atoms with Crippen molar-refractivity contribution in [2.24, 2.45) is 11.8 Å². The first-order valence-corrected chi connectivity index (χ1v) is 13.2. The Hall–Kier alpha value is -3.21. The molecule has 2 unspecified atom stereocenters. The van der Waals surface area contributed by atoms with Crippen LogP contribution in [-0.2, 0) is 17.4 Å². The third kappa shape index (κ3) is 5.62. The molecule has 38 heavy (non-hydrogen) atoms. The van der Waals surface area contributed by atoms with Gasteiger partial charge in [-0.15, -0.1) is 0 Å². The van der Waals surface area contributed by atoms with E-state index in [9.17, 15) is 22.8 Å². The topological polar surface area (TPSA) is 99.2 Å². The van der Waals surface area contributed by atoms with E-state index in [1.807, 2.05) is 18.7 Å². The Morgan fingerprint density at radius 1 is 1.18 bits per heavy atom. The summed E-state index contributed by atoms with van der Waals surface area (Å²) in [7, 11) is 0. The molecule has 3 aliphatic rings. The maximum atomic E-state index is 13.8.